The monoisotopic (exact) mass is 355 g/mol. The number of rotatable bonds is 4. The number of benzene rings is 2. The molecule has 1 heterocycles. The number of aryl methyl sites for hydroxylation is 1. The van der Waals surface area contributed by atoms with Crippen LogP contribution < -0.4 is 5.73 Å². The summed E-state index contributed by atoms with van der Waals surface area (Å²) in [7, 11) is 3.59. The van der Waals surface area contributed by atoms with Crippen LogP contribution in [0.5, 0.6) is 0 Å². The van der Waals surface area contributed by atoms with Crippen molar-refractivity contribution in [1.82, 2.24) is 9.47 Å². The first-order valence-corrected chi connectivity index (χ1v) is 8.14. The molecular formula is C19H18ClN3O2. The van der Waals surface area contributed by atoms with Gasteiger partial charge >= 0.3 is 0 Å². The fourth-order valence-corrected chi connectivity index (χ4v) is 2.99. The number of nitrogens with zero attached hydrogens (tertiary/aromatic N) is 2. The quantitative estimate of drug-likeness (QED) is 0.780. The first-order chi connectivity index (χ1) is 11.9. The van der Waals surface area contributed by atoms with Crippen LogP contribution in [-0.2, 0) is 13.6 Å². The van der Waals surface area contributed by atoms with Gasteiger partial charge in [-0.05, 0) is 35.9 Å². The Morgan fingerprint density at radius 3 is 2.44 bits per heavy atom. The van der Waals surface area contributed by atoms with Gasteiger partial charge in [-0.1, -0.05) is 29.8 Å². The van der Waals surface area contributed by atoms with Crippen LogP contribution in [0.3, 0.4) is 0 Å². The van der Waals surface area contributed by atoms with Gasteiger partial charge in [0.2, 0.25) is 5.91 Å². The van der Waals surface area contributed by atoms with E-state index in [9.17, 15) is 9.59 Å². The van der Waals surface area contributed by atoms with Gasteiger partial charge in [-0.2, -0.15) is 0 Å². The topological polar surface area (TPSA) is 68.3 Å². The van der Waals surface area contributed by atoms with E-state index in [1.807, 2.05) is 35.9 Å². The minimum absolute atomic E-state index is 0.0891. The van der Waals surface area contributed by atoms with Gasteiger partial charge in [0.05, 0.1) is 0 Å². The Labute approximate surface area is 150 Å². The molecule has 6 heteroatoms. The van der Waals surface area contributed by atoms with E-state index in [0.29, 0.717) is 22.8 Å². The Morgan fingerprint density at radius 1 is 1.12 bits per heavy atom. The zero-order valence-corrected chi connectivity index (χ0v) is 14.7. The van der Waals surface area contributed by atoms with Crippen LogP contribution in [0.15, 0.2) is 48.5 Å². The molecule has 0 aliphatic rings. The average molecular weight is 356 g/mol. The summed E-state index contributed by atoms with van der Waals surface area (Å²) in [6, 6.07) is 14.3. The second-order valence-corrected chi connectivity index (χ2v) is 6.45. The molecule has 3 rings (SSSR count). The van der Waals surface area contributed by atoms with E-state index in [1.54, 1.807) is 36.2 Å². The summed E-state index contributed by atoms with van der Waals surface area (Å²) in [5.74, 6) is -0.557. The van der Waals surface area contributed by atoms with Gasteiger partial charge in [-0.25, -0.2) is 0 Å². The molecule has 0 aliphatic carbocycles. The summed E-state index contributed by atoms with van der Waals surface area (Å²) in [5, 5.41) is 1.60. The summed E-state index contributed by atoms with van der Waals surface area (Å²) in [4.78, 5) is 25.6. The molecule has 0 saturated carbocycles. The Morgan fingerprint density at radius 2 is 1.80 bits per heavy atom. The summed E-state index contributed by atoms with van der Waals surface area (Å²) in [6.45, 7) is 0.431. The lowest BCUT2D eigenvalue weighted by atomic mass is 10.1. The van der Waals surface area contributed by atoms with Crippen LogP contribution in [0, 0.1) is 0 Å². The Kier molecular flexibility index (Phi) is 4.51. The second-order valence-electron chi connectivity index (χ2n) is 6.01. The molecular weight excluding hydrogens is 338 g/mol. The van der Waals surface area contributed by atoms with E-state index in [2.05, 4.69) is 0 Å². The van der Waals surface area contributed by atoms with Crippen LogP contribution in [0.1, 0.15) is 26.4 Å². The fraction of sp³-hybridized carbons (Fsp3) is 0.158. The third-order valence-electron chi connectivity index (χ3n) is 4.23. The molecule has 2 N–H and O–H groups in total. The van der Waals surface area contributed by atoms with Crippen LogP contribution in [-0.4, -0.2) is 28.3 Å². The molecule has 3 aromatic rings. The van der Waals surface area contributed by atoms with Gasteiger partial charge in [0.15, 0.2) is 0 Å². The predicted molar refractivity (Wildman–Crippen MR) is 98.7 cm³/mol. The van der Waals surface area contributed by atoms with Crippen LogP contribution >= 0.6 is 11.6 Å². The molecule has 0 radical (unpaired) electrons. The summed E-state index contributed by atoms with van der Waals surface area (Å²) in [5.41, 5.74) is 8.11. The number of aromatic nitrogens is 1. The molecule has 128 valence electrons. The molecule has 0 atom stereocenters. The highest BCUT2D eigenvalue weighted by molar-refractivity contribution is 6.31. The SMILES string of the molecule is CN(Cc1ccc(C(N)=O)cc1)C(=O)c1cc2ccc(Cl)cc2n1C. The molecule has 0 bridgehead atoms. The third-order valence-corrected chi connectivity index (χ3v) is 4.47. The zero-order valence-electron chi connectivity index (χ0n) is 14.0. The van der Waals surface area contributed by atoms with E-state index in [1.165, 1.54) is 0 Å². The van der Waals surface area contributed by atoms with Crippen molar-refractivity contribution in [3.8, 4) is 0 Å². The number of halogens is 1. The van der Waals surface area contributed by atoms with Gasteiger partial charge in [-0.15, -0.1) is 0 Å². The minimum atomic E-state index is -0.467. The summed E-state index contributed by atoms with van der Waals surface area (Å²) in [6.07, 6.45) is 0. The number of fused-ring (bicyclic) bond motifs is 1. The molecule has 2 aromatic carbocycles. The Bertz CT molecular complexity index is 961. The number of nitrogens with two attached hydrogens (primary N) is 1. The lowest BCUT2D eigenvalue weighted by Gasteiger charge is -2.18. The number of amides is 2. The minimum Gasteiger partial charge on any atom is -0.366 e. The van der Waals surface area contributed by atoms with Crippen LogP contribution in [0.25, 0.3) is 10.9 Å². The molecule has 0 spiro atoms. The van der Waals surface area contributed by atoms with E-state index < -0.39 is 5.91 Å². The van der Waals surface area contributed by atoms with Crippen molar-refractivity contribution in [1.29, 1.82) is 0 Å². The van der Waals surface area contributed by atoms with Crippen LogP contribution in [0.4, 0.5) is 0 Å². The number of hydrogen-bond donors (Lipinski definition) is 1. The average Bonchev–Trinajstić information content (AvgIpc) is 2.91. The summed E-state index contributed by atoms with van der Waals surface area (Å²) >= 11 is 6.04. The molecule has 2 amide bonds. The molecule has 1 aromatic heterocycles. The highest BCUT2D eigenvalue weighted by Gasteiger charge is 2.17. The Balaban J connectivity index is 1.82. The fourth-order valence-electron chi connectivity index (χ4n) is 2.82. The van der Waals surface area contributed by atoms with E-state index in [4.69, 9.17) is 17.3 Å². The van der Waals surface area contributed by atoms with Crippen molar-refractivity contribution in [3.63, 3.8) is 0 Å². The van der Waals surface area contributed by atoms with Gasteiger partial charge in [0.1, 0.15) is 5.69 Å². The molecule has 0 fully saturated rings. The van der Waals surface area contributed by atoms with E-state index >= 15 is 0 Å². The third kappa shape index (κ3) is 3.37. The van der Waals surface area contributed by atoms with Gasteiger partial charge in [-0.3, -0.25) is 9.59 Å². The molecule has 0 saturated heterocycles. The highest BCUT2D eigenvalue weighted by Crippen LogP contribution is 2.23. The van der Waals surface area contributed by atoms with Crippen molar-refractivity contribution in [3.05, 3.63) is 70.4 Å². The van der Waals surface area contributed by atoms with Crippen molar-refractivity contribution < 1.29 is 9.59 Å². The molecule has 0 unspecified atom stereocenters. The van der Waals surface area contributed by atoms with Crippen molar-refractivity contribution in [2.45, 2.75) is 6.54 Å². The van der Waals surface area contributed by atoms with Crippen molar-refractivity contribution >= 4 is 34.3 Å². The first kappa shape index (κ1) is 17.0. The maximum absolute atomic E-state index is 12.8. The van der Waals surface area contributed by atoms with Gasteiger partial charge in [0.25, 0.3) is 5.91 Å². The normalized spacial score (nSPS) is 10.8. The Hall–Kier alpha value is -2.79. The van der Waals surface area contributed by atoms with Crippen LogP contribution in [0.2, 0.25) is 5.02 Å². The second kappa shape index (κ2) is 6.61. The molecule has 0 aliphatic heterocycles. The highest BCUT2D eigenvalue weighted by atomic mass is 35.5. The lowest BCUT2D eigenvalue weighted by molar-refractivity contribution is 0.0775. The molecule has 25 heavy (non-hydrogen) atoms. The largest absolute Gasteiger partial charge is 0.366 e. The first-order valence-electron chi connectivity index (χ1n) is 7.76. The summed E-state index contributed by atoms with van der Waals surface area (Å²) < 4.78 is 1.84. The maximum Gasteiger partial charge on any atom is 0.270 e. The van der Waals surface area contributed by atoms with E-state index in [0.717, 1.165) is 16.5 Å². The lowest BCUT2D eigenvalue weighted by Crippen LogP contribution is -2.27. The van der Waals surface area contributed by atoms with Crippen molar-refractivity contribution in [2.75, 3.05) is 7.05 Å². The predicted octanol–water partition coefficient (Wildman–Crippen LogP) is 3.20. The number of carbonyl (C=O) groups excluding carboxylic acids is 2. The standard InChI is InChI=1S/C19H18ClN3O2/c1-22(11-12-3-5-13(6-4-12)18(21)24)19(25)17-9-14-7-8-15(20)10-16(14)23(17)2/h3-10H,11H2,1-2H3,(H2,21,24). The van der Waals surface area contributed by atoms with Gasteiger partial charge in [0, 0.05) is 42.1 Å². The number of primary amides is 1. The zero-order chi connectivity index (χ0) is 18.1. The smallest absolute Gasteiger partial charge is 0.270 e. The number of carbonyl (C=O) groups is 2. The van der Waals surface area contributed by atoms with Crippen molar-refractivity contribution in [2.24, 2.45) is 12.8 Å². The number of hydrogen-bond acceptors (Lipinski definition) is 2. The maximum atomic E-state index is 12.8. The van der Waals surface area contributed by atoms with E-state index in [-0.39, 0.29) is 5.91 Å². The molecule has 5 nitrogen and oxygen atoms in total. The van der Waals surface area contributed by atoms with Gasteiger partial charge < -0.3 is 15.2 Å².